The zero-order valence-corrected chi connectivity index (χ0v) is 11.2. The van der Waals surface area contributed by atoms with Gasteiger partial charge in [0.25, 0.3) is 0 Å². The van der Waals surface area contributed by atoms with Crippen LogP contribution in [0.25, 0.3) is 0 Å². The molecule has 1 aromatic rings. The van der Waals surface area contributed by atoms with Crippen LogP contribution >= 0.6 is 0 Å². The van der Waals surface area contributed by atoms with Gasteiger partial charge < -0.3 is 10.1 Å². The van der Waals surface area contributed by atoms with E-state index in [-0.39, 0.29) is 5.97 Å². The molecular weight excluding hydrogens is 228 g/mol. The molecule has 4 heteroatoms. The number of aromatic nitrogens is 1. The Bertz CT molecular complexity index is 339. The van der Waals surface area contributed by atoms with Gasteiger partial charge in [-0.15, -0.1) is 0 Å². The van der Waals surface area contributed by atoms with E-state index in [9.17, 15) is 4.79 Å². The molecule has 0 fully saturated rings. The van der Waals surface area contributed by atoms with Gasteiger partial charge in [-0.3, -0.25) is 4.98 Å². The van der Waals surface area contributed by atoms with Crippen molar-refractivity contribution in [3.05, 3.63) is 30.1 Å². The van der Waals surface area contributed by atoms with Crippen LogP contribution in [0.4, 0.5) is 0 Å². The summed E-state index contributed by atoms with van der Waals surface area (Å²) in [6.45, 7) is 6.76. The predicted octanol–water partition coefficient (Wildman–Crippen LogP) is 2.26. The van der Waals surface area contributed by atoms with Crippen LogP contribution in [0, 0.1) is 5.92 Å². The Balaban J connectivity index is 2.03. The van der Waals surface area contributed by atoms with Crippen LogP contribution in [-0.2, 0) is 4.74 Å². The van der Waals surface area contributed by atoms with Crippen molar-refractivity contribution in [3.8, 4) is 0 Å². The molecule has 0 spiro atoms. The van der Waals surface area contributed by atoms with Crippen molar-refractivity contribution >= 4 is 5.97 Å². The number of carbonyl (C=O) groups excluding carboxylic acids is 1. The van der Waals surface area contributed by atoms with Crippen molar-refractivity contribution in [2.75, 3.05) is 19.7 Å². The number of ether oxygens (including phenoxy) is 1. The van der Waals surface area contributed by atoms with Crippen LogP contribution in [0.3, 0.4) is 0 Å². The van der Waals surface area contributed by atoms with Gasteiger partial charge in [-0.25, -0.2) is 4.79 Å². The Morgan fingerprint density at radius 3 is 2.94 bits per heavy atom. The maximum absolute atomic E-state index is 11.5. The second-order valence-electron chi connectivity index (χ2n) is 4.66. The SMILES string of the molecule is CC(C)CCNCCCOC(=O)c1cccnc1. The second-order valence-corrected chi connectivity index (χ2v) is 4.66. The minimum Gasteiger partial charge on any atom is -0.462 e. The normalized spacial score (nSPS) is 10.6. The fourth-order valence-electron chi connectivity index (χ4n) is 1.44. The minimum absolute atomic E-state index is 0.301. The first kappa shape index (κ1) is 14.6. The van der Waals surface area contributed by atoms with Gasteiger partial charge in [-0.1, -0.05) is 13.8 Å². The Morgan fingerprint density at radius 2 is 2.28 bits per heavy atom. The fraction of sp³-hybridized carbons (Fsp3) is 0.571. The number of carbonyl (C=O) groups is 1. The zero-order valence-electron chi connectivity index (χ0n) is 11.2. The van der Waals surface area contributed by atoms with Crippen molar-refractivity contribution in [2.24, 2.45) is 5.92 Å². The summed E-state index contributed by atoms with van der Waals surface area (Å²) in [6, 6.07) is 3.43. The van der Waals surface area contributed by atoms with Crippen molar-refractivity contribution < 1.29 is 9.53 Å². The molecule has 0 unspecified atom stereocenters. The van der Waals surface area contributed by atoms with Gasteiger partial charge in [0.05, 0.1) is 12.2 Å². The summed E-state index contributed by atoms with van der Waals surface area (Å²) in [5.41, 5.74) is 0.505. The molecule has 0 saturated heterocycles. The van der Waals surface area contributed by atoms with Gasteiger partial charge in [0, 0.05) is 12.4 Å². The molecule has 0 saturated carbocycles. The van der Waals surface area contributed by atoms with Crippen molar-refractivity contribution in [3.63, 3.8) is 0 Å². The third-order valence-corrected chi connectivity index (χ3v) is 2.53. The van der Waals surface area contributed by atoms with E-state index in [2.05, 4.69) is 24.1 Å². The Morgan fingerprint density at radius 1 is 1.44 bits per heavy atom. The summed E-state index contributed by atoms with van der Waals surface area (Å²) in [7, 11) is 0. The van der Waals surface area contributed by atoms with E-state index in [1.165, 1.54) is 12.6 Å². The van der Waals surface area contributed by atoms with Crippen molar-refractivity contribution in [1.82, 2.24) is 10.3 Å². The van der Waals surface area contributed by atoms with E-state index in [1.807, 2.05) is 0 Å². The number of pyridine rings is 1. The van der Waals surface area contributed by atoms with E-state index < -0.39 is 0 Å². The predicted molar refractivity (Wildman–Crippen MR) is 71.5 cm³/mol. The number of hydrogen-bond acceptors (Lipinski definition) is 4. The maximum atomic E-state index is 11.5. The van der Waals surface area contributed by atoms with Gasteiger partial charge >= 0.3 is 5.97 Å². The van der Waals surface area contributed by atoms with Gasteiger partial charge in [-0.05, 0) is 44.0 Å². The third-order valence-electron chi connectivity index (χ3n) is 2.53. The molecule has 0 aliphatic rings. The summed E-state index contributed by atoms with van der Waals surface area (Å²) in [4.78, 5) is 15.4. The molecule has 0 amide bonds. The van der Waals surface area contributed by atoms with Gasteiger partial charge in [0.15, 0.2) is 0 Å². The molecule has 0 bridgehead atoms. The number of esters is 1. The zero-order chi connectivity index (χ0) is 13.2. The first-order valence-corrected chi connectivity index (χ1v) is 6.48. The van der Waals surface area contributed by atoms with E-state index in [0.717, 1.165) is 25.4 Å². The molecule has 1 heterocycles. The van der Waals surface area contributed by atoms with Crippen molar-refractivity contribution in [1.29, 1.82) is 0 Å². The molecule has 18 heavy (non-hydrogen) atoms. The van der Waals surface area contributed by atoms with Crippen LogP contribution in [0.2, 0.25) is 0 Å². The van der Waals surface area contributed by atoms with E-state index >= 15 is 0 Å². The average Bonchev–Trinajstić information content (AvgIpc) is 2.38. The molecular formula is C14H22N2O2. The smallest absolute Gasteiger partial charge is 0.339 e. The first-order valence-electron chi connectivity index (χ1n) is 6.48. The second kappa shape index (κ2) is 8.64. The van der Waals surface area contributed by atoms with Crippen LogP contribution in [-0.4, -0.2) is 30.6 Å². The highest BCUT2D eigenvalue weighted by molar-refractivity contribution is 5.88. The third kappa shape index (κ3) is 6.35. The highest BCUT2D eigenvalue weighted by Gasteiger charge is 2.05. The molecule has 0 aromatic carbocycles. The van der Waals surface area contributed by atoms with Crippen molar-refractivity contribution in [2.45, 2.75) is 26.7 Å². The molecule has 1 aromatic heterocycles. The van der Waals surface area contributed by atoms with Crippen LogP contribution in [0.1, 0.15) is 37.0 Å². The minimum atomic E-state index is -0.301. The number of rotatable bonds is 8. The lowest BCUT2D eigenvalue weighted by Crippen LogP contribution is -2.20. The summed E-state index contributed by atoms with van der Waals surface area (Å²) >= 11 is 0. The van der Waals surface area contributed by atoms with Gasteiger partial charge in [-0.2, -0.15) is 0 Å². The molecule has 0 atom stereocenters. The number of nitrogens with one attached hydrogen (secondary N) is 1. The fourth-order valence-corrected chi connectivity index (χ4v) is 1.44. The van der Waals surface area contributed by atoms with Gasteiger partial charge in [0.1, 0.15) is 0 Å². The number of nitrogens with zero attached hydrogens (tertiary/aromatic N) is 1. The Hall–Kier alpha value is -1.42. The van der Waals surface area contributed by atoms with Crippen LogP contribution < -0.4 is 5.32 Å². The molecule has 100 valence electrons. The molecule has 4 nitrogen and oxygen atoms in total. The first-order chi connectivity index (χ1) is 8.70. The van der Waals surface area contributed by atoms with E-state index in [4.69, 9.17) is 4.74 Å². The maximum Gasteiger partial charge on any atom is 0.339 e. The van der Waals surface area contributed by atoms with Crippen LogP contribution in [0.5, 0.6) is 0 Å². The average molecular weight is 250 g/mol. The Kier molecular flexibility index (Phi) is 7.03. The summed E-state index contributed by atoms with van der Waals surface area (Å²) in [5, 5.41) is 3.33. The van der Waals surface area contributed by atoms with E-state index in [0.29, 0.717) is 12.2 Å². The lowest BCUT2D eigenvalue weighted by atomic mass is 10.1. The lowest BCUT2D eigenvalue weighted by Gasteiger charge is -2.07. The highest BCUT2D eigenvalue weighted by atomic mass is 16.5. The highest BCUT2D eigenvalue weighted by Crippen LogP contribution is 1.99. The lowest BCUT2D eigenvalue weighted by molar-refractivity contribution is 0.0500. The quantitative estimate of drug-likeness (QED) is 0.568. The van der Waals surface area contributed by atoms with Gasteiger partial charge in [0.2, 0.25) is 0 Å². The summed E-state index contributed by atoms with van der Waals surface area (Å²) in [5.74, 6) is 0.422. The summed E-state index contributed by atoms with van der Waals surface area (Å²) < 4.78 is 5.14. The standard InChI is InChI=1S/C14H22N2O2/c1-12(2)6-9-15-8-4-10-18-14(17)13-5-3-7-16-11-13/h3,5,7,11-12,15H,4,6,8-10H2,1-2H3. The van der Waals surface area contributed by atoms with Crippen LogP contribution in [0.15, 0.2) is 24.5 Å². The topological polar surface area (TPSA) is 51.2 Å². The molecule has 1 rings (SSSR count). The number of hydrogen-bond donors (Lipinski definition) is 1. The molecule has 0 aliphatic heterocycles. The molecule has 0 radical (unpaired) electrons. The Labute approximate surface area is 109 Å². The molecule has 0 aliphatic carbocycles. The molecule has 1 N–H and O–H groups in total. The summed E-state index contributed by atoms with van der Waals surface area (Å²) in [6.07, 6.45) is 5.16. The van der Waals surface area contributed by atoms with E-state index in [1.54, 1.807) is 18.3 Å². The monoisotopic (exact) mass is 250 g/mol. The largest absolute Gasteiger partial charge is 0.462 e.